The smallest absolute Gasteiger partial charge is 0.168 e. The minimum absolute atomic E-state index is 0.0344. The molecule has 0 fully saturated rings. The number of rotatable bonds is 3. The molecule has 0 aliphatic heterocycles. The van der Waals surface area contributed by atoms with Gasteiger partial charge >= 0.3 is 0 Å². The molecule has 0 unspecified atom stereocenters. The maximum Gasteiger partial charge on any atom is 0.168 e. The summed E-state index contributed by atoms with van der Waals surface area (Å²) in [5.41, 5.74) is 8.91. The molecule has 0 radical (unpaired) electrons. The van der Waals surface area contributed by atoms with Gasteiger partial charge in [0, 0.05) is 16.9 Å². The Labute approximate surface area is 178 Å². The second-order valence-corrected chi connectivity index (χ2v) is 9.09. The van der Waals surface area contributed by atoms with Crippen molar-refractivity contribution in [3.8, 4) is 28.2 Å². The first-order chi connectivity index (χ1) is 14.4. The van der Waals surface area contributed by atoms with Crippen LogP contribution in [0.2, 0.25) is 0 Å². The predicted octanol–water partition coefficient (Wildman–Crippen LogP) is 6.67. The Kier molecular flexibility index (Phi) is 4.18. The van der Waals surface area contributed by atoms with Crippen molar-refractivity contribution < 1.29 is 0 Å². The summed E-state index contributed by atoms with van der Waals surface area (Å²) >= 11 is 0. The van der Waals surface area contributed by atoms with Gasteiger partial charge in [-0.15, -0.1) is 10.2 Å². The monoisotopic (exact) mass is 393 g/mol. The summed E-state index contributed by atoms with van der Waals surface area (Å²) in [7, 11) is 0. The number of benzene rings is 3. The molecule has 1 heterocycles. The molecular formula is C27H27N3. The van der Waals surface area contributed by atoms with Crippen LogP contribution in [-0.2, 0) is 5.41 Å². The molecule has 4 aromatic rings. The van der Waals surface area contributed by atoms with Gasteiger partial charge in [-0.1, -0.05) is 82.3 Å². The summed E-state index contributed by atoms with van der Waals surface area (Å²) in [6.07, 6.45) is 0. The third-order valence-corrected chi connectivity index (χ3v) is 6.38. The summed E-state index contributed by atoms with van der Waals surface area (Å²) in [6, 6.07) is 23.9. The maximum atomic E-state index is 4.61. The van der Waals surface area contributed by atoms with Crippen LogP contribution in [0.1, 0.15) is 56.1 Å². The van der Waals surface area contributed by atoms with Crippen LogP contribution in [0.3, 0.4) is 0 Å². The van der Waals surface area contributed by atoms with Crippen molar-refractivity contribution in [2.75, 3.05) is 0 Å². The van der Waals surface area contributed by atoms with Crippen molar-refractivity contribution in [1.29, 1.82) is 0 Å². The Hall–Kier alpha value is -3.20. The lowest BCUT2D eigenvalue weighted by atomic mass is 9.82. The first-order valence-electron chi connectivity index (χ1n) is 10.7. The second kappa shape index (κ2) is 6.66. The number of fused-ring (bicyclic) bond motifs is 3. The summed E-state index contributed by atoms with van der Waals surface area (Å²) < 4.78 is 2.26. The summed E-state index contributed by atoms with van der Waals surface area (Å²) in [5, 5.41) is 9.20. The average Bonchev–Trinajstić information content (AvgIpc) is 3.27. The Morgan fingerprint density at radius 1 is 0.800 bits per heavy atom. The zero-order valence-electron chi connectivity index (χ0n) is 18.3. The highest BCUT2D eigenvalue weighted by molar-refractivity contribution is 5.82. The molecule has 3 nitrogen and oxygen atoms in total. The van der Waals surface area contributed by atoms with Gasteiger partial charge in [0.2, 0.25) is 0 Å². The summed E-state index contributed by atoms with van der Waals surface area (Å²) in [4.78, 5) is 0. The van der Waals surface area contributed by atoms with Gasteiger partial charge in [0.05, 0.1) is 5.69 Å². The van der Waals surface area contributed by atoms with E-state index in [9.17, 15) is 0 Å². The van der Waals surface area contributed by atoms with Crippen molar-refractivity contribution in [3.05, 3.63) is 89.2 Å². The molecule has 0 saturated heterocycles. The Bertz CT molecular complexity index is 1250. The topological polar surface area (TPSA) is 30.7 Å². The molecule has 5 rings (SSSR count). The van der Waals surface area contributed by atoms with Gasteiger partial charge in [0.15, 0.2) is 5.82 Å². The second-order valence-electron chi connectivity index (χ2n) is 9.09. The van der Waals surface area contributed by atoms with Gasteiger partial charge in [-0.3, -0.25) is 4.57 Å². The fraction of sp³-hybridized carbons (Fsp3) is 0.259. The van der Waals surface area contributed by atoms with E-state index in [-0.39, 0.29) is 11.3 Å². The minimum Gasteiger partial charge on any atom is -0.279 e. The van der Waals surface area contributed by atoms with E-state index < -0.39 is 0 Å². The highest BCUT2D eigenvalue weighted by Gasteiger charge is 2.36. The van der Waals surface area contributed by atoms with Crippen LogP contribution in [-0.4, -0.2) is 14.8 Å². The normalized spacial score (nSPS) is 14.1. The van der Waals surface area contributed by atoms with Gasteiger partial charge < -0.3 is 0 Å². The number of aryl methyl sites for hydroxylation is 1. The van der Waals surface area contributed by atoms with Gasteiger partial charge in [0.25, 0.3) is 0 Å². The molecule has 1 aliphatic carbocycles. The zero-order valence-corrected chi connectivity index (χ0v) is 18.3. The maximum absolute atomic E-state index is 4.61. The number of hydrogen-bond donors (Lipinski definition) is 0. The number of aromatic nitrogens is 3. The van der Waals surface area contributed by atoms with Crippen molar-refractivity contribution in [2.24, 2.45) is 0 Å². The fourth-order valence-electron chi connectivity index (χ4n) is 4.77. The largest absolute Gasteiger partial charge is 0.279 e. The molecule has 3 heteroatoms. The molecule has 0 N–H and O–H groups in total. The van der Waals surface area contributed by atoms with Crippen LogP contribution in [0.25, 0.3) is 28.2 Å². The predicted molar refractivity (Wildman–Crippen MR) is 123 cm³/mol. The van der Waals surface area contributed by atoms with Crippen LogP contribution in [0, 0.1) is 6.92 Å². The fourth-order valence-corrected chi connectivity index (χ4v) is 4.77. The highest BCUT2D eigenvalue weighted by atomic mass is 15.3. The quantitative estimate of drug-likeness (QED) is 0.389. The molecule has 0 amide bonds. The Morgan fingerprint density at radius 2 is 1.50 bits per heavy atom. The number of nitrogens with zero attached hydrogens (tertiary/aromatic N) is 3. The van der Waals surface area contributed by atoms with E-state index in [0.29, 0.717) is 0 Å². The molecule has 0 spiro atoms. The van der Waals surface area contributed by atoms with Crippen LogP contribution in [0.4, 0.5) is 0 Å². The lowest BCUT2D eigenvalue weighted by molar-refractivity contribution is 0.658. The van der Waals surface area contributed by atoms with Gasteiger partial charge in [-0.25, -0.2) is 0 Å². The van der Waals surface area contributed by atoms with Crippen LogP contribution in [0.5, 0.6) is 0 Å². The lowest BCUT2D eigenvalue weighted by Gasteiger charge is -2.23. The molecule has 0 atom stereocenters. The van der Waals surface area contributed by atoms with Crippen LogP contribution >= 0.6 is 0 Å². The van der Waals surface area contributed by atoms with E-state index >= 15 is 0 Å². The van der Waals surface area contributed by atoms with Crippen LogP contribution in [0.15, 0.2) is 66.7 Å². The first-order valence-corrected chi connectivity index (χ1v) is 10.7. The zero-order chi connectivity index (χ0) is 21.0. The van der Waals surface area contributed by atoms with E-state index in [1.807, 2.05) is 6.07 Å². The highest BCUT2D eigenvalue weighted by Crippen LogP contribution is 2.49. The van der Waals surface area contributed by atoms with E-state index in [4.69, 9.17) is 0 Å². The molecule has 1 aromatic heterocycles. The van der Waals surface area contributed by atoms with Gasteiger partial charge in [-0.2, -0.15) is 0 Å². The summed E-state index contributed by atoms with van der Waals surface area (Å²) in [5.74, 6) is 2.16. The van der Waals surface area contributed by atoms with E-state index in [1.54, 1.807) is 0 Å². The van der Waals surface area contributed by atoms with Crippen molar-refractivity contribution >= 4 is 0 Å². The van der Waals surface area contributed by atoms with Crippen molar-refractivity contribution in [3.63, 3.8) is 0 Å². The molecular weight excluding hydrogens is 366 g/mol. The summed E-state index contributed by atoms with van der Waals surface area (Å²) in [6.45, 7) is 11.2. The Morgan fingerprint density at radius 3 is 2.23 bits per heavy atom. The average molecular weight is 394 g/mol. The van der Waals surface area contributed by atoms with E-state index in [0.717, 1.165) is 17.2 Å². The van der Waals surface area contributed by atoms with Crippen molar-refractivity contribution in [2.45, 2.75) is 46.0 Å². The van der Waals surface area contributed by atoms with Crippen LogP contribution < -0.4 is 0 Å². The first kappa shape index (κ1) is 18.8. The molecule has 0 saturated carbocycles. The minimum atomic E-state index is -0.0344. The Balaban J connectivity index is 1.78. The third kappa shape index (κ3) is 2.65. The standard InChI is InChI=1S/C27H27N3/c1-17(2)25-28-29-26(19-11-7-6-8-12-19)30(25)24-16-23-21(15-18(24)3)20-13-9-10-14-22(20)27(23,4)5/h6-17H,1-5H3. The van der Waals surface area contributed by atoms with Crippen molar-refractivity contribution in [1.82, 2.24) is 14.8 Å². The molecule has 150 valence electrons. The number of hydrogen-bond acceptors (Lipinski definition) is 2. The molecule has 3 aromatic carbocycles. The SMILES string of the molecule is Cc1cc2c(cc1-n1c(-c3ccccc3)nnc1C(C)C)C(C)(C)c1ccccc1-2. The lowest BCUT2D eigenvalue weighted by Crippen LogP contribution is -2.16. The van der Waals surface area contributed by atoms with E-state index in [1.165, 1.54) is 33.5 Å². The molecule has 30 heavy (non-hydrogen) atoms. The molecule has 0 bridgehead atoms. The third-order valence-electron chi connectivity index (χ3n) is 6.38. The van der Waals surface area contributed by atoms with E-state index in [2.05, 4.69) is 110 Å². The molecule has 1 aliphatic rings. The van der Waals surface area contributed by atoms with Gasteiger partial charge in [0.1, 0.15) is 5.82 Å². The van der Waals surface area contributed by atoms with Gasteiger partial charge in [-0.05, 0) is 46.9 Å².